The summed E-state index contributed by atoms with van der Waals surface area (Å²) < 4.78 is 22.6. The molecule has 0 saturated carbocycles. The molecule has 0 aliphatic rings. The minimum atomic E-state index is -3.10. The molecule has 0 bridgehead atoms. The zero-order chi connectivity index (χ0) is 15.0. The van der Waals surface area contributed by atoms with Gasteiger partial charge in [0, 0.05) is 12.3 Å². The van der Waals surface area contributed by atoms with Crippen molar-refractivity contribution in [3.8, 4) is 6.07 Å². The number of carbonyl (C=O) groups excluding carboxylic acids is 1. The van der Waals surface area contributed by atoms with Gasteiger partial charge in [0.1, 0.15) is 5.92 Å². The monoisotopic (exact) mass is 294 g/mol. The van der Waals surface area contributed by atoms with Crippen LogP contribution in [0.3, 0.4) is 0 Å². The predicted molar refractivity (Wildman–Crippen MR) is 76.6 cm³/mol. The number of sulfone groups is 1. The lowest BCUT2D eigenvalue weighted by atomic mass is 10.00. The van der Waals surface area contributed by atoms with Gasteiger partial charge in [-0.25, -0.2) is 8.42 Å². The third-order valence-corrected chi connectivity index (χ3v) is 4.61. The van der Waals surface area contributed by atoms with E-state index < -0.39 is 21.7 Å². The van der Waals surface area contributed by atoms with E-state index in [0.29, 0.717) is 6.42 Å². The topological polar surface area (TPSA) is 87.0 Å². The molecule has 0 aliphatic heterocycles. The number of hydrogen-bond acceptors (Lipinski definition) is 4. The van der Waals surface area contributed by atoms with Crippen molar-refractivity contribution in [2.45, 2.75) is 13.3 Å². The van der Waals surface area contributed by atoms with Gasteiger partial charge in [-0.15, -0.1) is 0 Å². The number of amides is 1. The first kappa shape index (κ1) is 16.2. The van der Waals surface area contributed by atoms with Gasteiger partial charge in [0.15, 0.2) is 9.84 Å². The molecular weight excluding hydrogens is 276 g/mol. The summed E-state index contributed by atoms with van der Waals surface area (Å²) in [6.45, 7) is 1.60. The number of nitrogens with zero attached hydrogens (tertiary/aromatic N) is 1. The van der Waals surface area contributed by atoms with E-state index in [4.69, 9.17) is 5.26 Å². The summed E-state index contributed by atoms with van der Waals surface area (Å²) in [6, 6.07) is 11.2. The second-order valence-electron chi connectivity index (χ2n) is 4.40. The largest absolute Gasteiger partial charge is 0.354 e. The number of benzene rings is 1. The Bertz CT molecular complexity index is 576. The van der Waals surface area contributed by atoms with E-state index in [9.17, 15) is 13.2 Å². The maximum Gasteiger partial charge on any atom is 0.237 e. The normalized spacial score (nSPS) is 12.4. The van der Waals surface area contributed by atoms with Crippen molar-refractivity contribution in [1.29, 1.82) is 5.26 Å². The fourth-order valence-electron chi connectivity index (χ4n) is 1.64. The highest BCUT2D eigenvalue weighted by atomic mass is 32.2. The SMILES string of the molecule is CCS(=O)(=O)CCNC(=O)C(C#N)Cc1ccccc1. The smallest absolute Gasteiger partial charge is 0.237 e. The summed E-state index contributed by atoms with van der Waals surface area (Å²) >= 11 is 0. The van der Waals surface area contributed by atoms with E-state index in [2.05, 4.69) is 5.32 Å². The average molecular weight is 294 g/mol. The summed E-state index contributed by atoms with van der Waals surface area (Å²) in [5.74, 6) is -1.28. The molecule has 6 heteroatoms. The summed E-state index contributed by atoms with van der Waals surface area (Å²) in [6.07, 6.45) is 0.323. The minimum Gasteiger partial charge on any atom is -0.354 e. The Kier molecular flexibility index (Phi) is 6.19. The van der Waals surface area contributed by atoms with Gasteiger partial charge in [-0.3, -0.25) is 4.79 Å². The van der Waals surface area contributed by atoms with Crippen LogP contribution in [0.5, 0.6) is 0 Å². The molecule has 0 fully saturated rings. The Morgan fingerprint density at radius 2 is 2.00 bits per heavy atom. The zero-order valence-electron chi connectivity index (χ0n) is 11.4. The van der Waals surface area contributed by atoms with E-state index in [1.165, 1.54) is 0 Å². The van der Waals surface area contributed by atoms with Crippen LogP contribution in [-0.4, -0.2) is 32.4 Å². The highest BCUT2D eigenvalue weighted by Gasteiger charge is 2.18. The fraction of sp³-hybridized carbons (Fsp3) is 0.429. The Morgan fingerprint density at radius 3 is 2.55 bits per heavy atom. The maximum absolute atomic E-state index is 11.8. The summed E-state index contributed by atoms with van der Waals surface area (Å²) in [7, 11) is -3.10. The van der Waals surface area contributed by atoms with Crippen molar-refractivity contribution in [1.82, 2.24) is 5.32 Å². The van der Waals surface area contributed by atoms with Gasteiger partial charge in [0.05, 0.1) is 11.8 Å². The Labute approximate surface area is 119 Å². The van der Waals surface area contributed by atoms with Crippen LogP contribution in [0.25, 0.3) is 0 Å². The molecule has 0 aromatic heterocycles. The van der Waals surface area contributed by atoms with Crippen molar-refractivity contribution in [2.24, 2.45) is 5.92 Å². The molecule has 0 radical (unpaired) electrons. The van der Waals surface area contributed by atoms with Gasteiger partial charge in [-0.2, -0.15) is 5.26 Å². The summed E-state index contributed by atoms with van der Waals surface area (Å²) in [5, 5.41) is 11.5. The third kappa shape index (κ3) is 5.41. The second kappa shape index (κ2) is 7.65. The van der Waals surface area contributed by atoms with Gasteiger partial charge >= 0.3 is 0 Å². The predicted octanol–water partition coefficient (Wildman–Crippen LogP) is 0.920. The molecule has 1 amide bonds. The number of rotatable bonds is 7. The van der Waals surface area contributed by atoms with Crippen LogP contribution in [0.15, 0.2) is 30.3 Å². The van der Waals surface area contributed by atoms with Crippen molar-refractivity contribution < 1.29 is 13.2 Å². The molecular formula is C14H18N2O3S. The van der Waals surface area contributed by atoms with Gasteiger partial charge in [0.2, 0.25) is 5.91 Å². The van der Waals surface area contributed by atoms with Gasteiger partial charge < -0.3 is 5.32 Å². The molecule has 1 N–H and O–H groups in total. The molecule has 1 atom stereocenters. The van der Waals surface area contributed by atoms with E-state index in [0.717, 1.165) is 5.56 Å². The van der Waals surface area contributed by atoms with Crippen LogP contribution in [0, 0.1) is 17.2 Å². The van der Waals surface area contributed by atoms with Crippen LogP contribution in [0.1, 0.15) is 12.5 Å². The van der Waals surface area contributed by atoms with Crippen molar-refractivity contribution in [3.05, 3.63) is 35.9 Å². The summed E-state index contributed by atoms with van der Waals surface area (Å²) in [5.41, 5.74) is 0.898. The summed E-state index contributed by atoms with van der Waals surface area (Å²) in [4.78, 5) is 11.8. The number of nitrogens with one attached hydrogen (secondary N) is 1. The standard InChI is InChI=1S/C14H18N2O3S/c1-2-20(18,19)9-8-16-14(17)13(11-15)10-12-6-4-3-5-7-12/h3-7,13H,2,8-10H2,1H3,(H,16,17). The fourth-order valence-corrected chi connectivity index (χ4v) is 2.35. The van der Waals surface area contributed by atoms with Gasteiger partial charge in [-0.1, -0.05) is 37.3 Å². The van der Waals surface area contributed by atoms with Crippen LogP contribution in [-0.2, 0) is 21.1 Å². The Morgan fingerprint density at radius 1 is 1.35 bits per heavy atom. The first-order chi connectivity index (χ1) is 9.48. The molecule has 1 aromatic rings. The minimum absolute atomic E-state index is 0.0436. The molecule has 1 aromatic carbocycles. The molecule has 108 valence electrons. The quantitative estimate of drug-likeness (QED) is 0.810. The number of hydrogen-bond donors (Lipinski definition) is 1. The van der Waals surface area contributed by atoms with Crippen LogP contribution in [0.2, 0.25) is 0 Å². The average Bonchev–Trinajstić information content (AvgIpc) is 2.45. The van der Waals surface area contributed by atoms with E-state index in [-0.39, 0.29) is 18.1 Å². The molecule has 0 saturated heterocycles. The number of carbonyl (C=O) groups is 1. The molecule has 0 spiro atoms. The molecule has 5 nitrogen and oxygen atoms in total. The molecule has 1 rings (SSSR count). The molecule has 0 heterocycles. The third-order valence-electron chi connectivity index (χ3n) is 2.91. The van der Waals surface area contributed by atoms with Crippen LogP contribution >= 0.6 is 0 Å². The highest BCUT2D eigenvalue weighted by molar-refractivity contribution is 7.91. The Balaban J connectivity index is 2.50. The van der Waals surface area contributed by atoms with Gasteiger partial charge in [0.25, 0.3) is 0 Å². The number of nitriles is 1. The first-order valence-electron chi connectivity index (χ1n) is 6.40. The highest BCUT2D eigenvalue weighted by Crippen LogP contribution is 2.08. The van der Waals surface area contributed by atoms with E-state index >= 15 is 0 Å². The first-order valence-corrected chi connectivity index (χ1v) is 8.22. The van der Waals surface area contributed by atoms with E-state index in [1.807, 2.05) is 36.4 Å². The van der Waals surface area contributed by atoms with Crippen molar-refractivity contribution in [2.75, 3.05) is 18.1 Å². The molecule has 20 heavy (non-hydrogen) atoms. The maximum atomic E-state index is 11.8. The zero-order valence-corrected chi connectivity index (χ0v) is 12.2. The van der Waals surface area contributed by atoms with Gasteiger partial charge in [-0.05, 0) is 12.0 Å². The van der Waals surface area contributed by atoms with E-state index in [1.54, 1.807) is 6.92 Å². The lowest BCUT2D eigenvalue weighted by Crippen LogP contribution is -2.34. The van der Waals surface area contributed by atoms with Crippen LogP contribution in [0.4, 0.5) is 0 Å². The molecule has 1 unspecified atom stereocenters. The lowest BCUT2D eigenvalue weighted by molar-refractivity contribution is -0.123. The van der Waals surface area contributed by atoms with Crippen molar-refractivity contribution >= 4 is 15.7 Å². The Hall–Kier alpha value is -1.87. The molecule has 0 aliphatic carbocycles. The lowest BCUT2D eigenvalue weighted by Gasteiger charge is -2.10. The second-order valence-corrected chi connectivity index (χ2v) is 6.87. The van der Waals surface area contributed by atoms with Crippen LogP contribution < -0.4 is 5.32 Å². The van der Waals surface area contributed by atoms with Crippen molar-refractivity contribution in [3.63, 3.8) is 0 Å².